The average molecular weight is 308 g/mol. The van der Waals surface area contributed by atoms with Gasteiger partial charge >= 0.3 is 6.09 Å². The van der Waals surface area contributed by atoms with Gasteiger partial charge in [0.05, 0.1) is 6.54 Å². The Hall–Kier alpha value is -1.62. The first kappa shape index (κ1) is 16.7. The van der Waals surface area contributed by atoms with E-state index in [4.69, 9.17) is 4.74 Å². The molecular formula is C17H25FN2O2. The van der Waals surface area contributed by atoms with Gasteiger partial charge in [0.25, 0.3) is 0 Å². The van der Waals surface area contributed by atoms with Crippen molar-refractivity contribution in [3.8, 4) is 0 Å². The van der Waals surface area contributed by atoms with E-state index >= 15 is 0 Å². The highest BCUT2D eigenvalue weighted by Crippen LogP contribution is 2.18. The smallest absolute Gasteiger partial charge is 0.410 e. The van der Waals surface area contributed by atoms with Crippen LogP contribution in [0.2, 0.25) is 0 Å². The number of carbonyl (C=O) groups is 1. The fourth-order valence-corrected chi connectivity index (χ4v) is 2.47. The van der Waals surface area contributed by atoms with Crippen LogP contribution in [0.1, 0.15) is 32.8 Å². The van der Waals surface area contributed by atoms with Crippen LogP contribution in [0.3, 0.4) is 0 Å². The summed E-state index contributed by atoms with van der Waals surface area (Å²) < 4.78 is 19.6. The Balaban J connectivity index is 1.81. The summed E-state index contributed by atoms with van der Waals surface area (Å²) in [7, 11) is 0. The number of nitrogens with zero attached hydrogens (tertiary/aromatic N) is 1. The largest absolute Gasteiger partial charge is 0.444 e. The van der Waals surface area contributed by atoms with E-state index in [0.29, 0.717) is 19.5 Å². The Kier molecular flexibility index (Phi) is 5.40. The highest BCUT2D eigenvalue weighted by molar-refractivity contribution is 5.68. The monoisotopic (exact) mass is 308 g/mol. The van der Waals surface area contributed by atoms with Crippen molar-refractivity contribution in [3.05, 3.63) is 35.9 Å². The lowest BCUT2D eigenvalue weighted by atomic mass is 10.0. The number of rotatable bonds is 3. The first-order chi connectivity index (χ1) is 10.3. The second kappa shape index (κ2) is 7.09. The van der Waals surface area contributed by atoms with Gasteiger partial charge in [0, 0.05) is 19.1 Å². The molecule has 1 aromatic rings. The molecule has 1 N–H and O–H groups in total. The zero-order valence-electron chi connectivity index (χ0n) is 13.5. The zero-order chi connectivity index (χ0) is 16.2. The van der Waals surface area contributed by atoms with E-state index in [9.17, 15) is 9.18 Å². The molecule has 122 valence electrons. The molecule has 1 aliphatic heterocycles. The minimum Gasteiger partial charge on any atom is -0.444 e. The van der Waals surface area contributed by atoms with Crippen molar-refractivity contribution in [1.29, 1.82) is 0 Å². The number of halogens is 1. The highest BCUT2D eigenvalue weighted by atomic mass is 19.1. The van der Waals surface area contributed by atoms with Gasteiger partial charge in [-0.2, -0.15) is 0 Å². The molecule has 0 unspecified atom stereocenters. The third-order valence-corrected chi connectivity index (χ3v) is 3.60. The van der Waals surface area contributed by atoms with Gasteiger partial charge in [-0.15, -0.1) is 0 Å². The summed E-state index contributed by atoms with van der Waals surface area (Å²) in [5.41, 5.74) is 0.579. The van der Waals surface area contributed by atoms with Gasteiger partial charge in [-0.1, -0.05) is 30.3 Å². The van der Waals surface area contributed by atoms with Crippen molar-refractivity contribution in [2.75, 3.05) is 13.1 Å². The van der Waals surface area contributed by atoms with E-state index in [2.05, 4.69) is 5.32 Å². The number of likely N-dealkylation sites (tertiary alicyclic amines) is 1. The standard InChI is InChI=1S/C17H25FN2O2/c1-17(2,3)22-16(21)20-10-9-15(14(18)12-20)19-11-13-7-5-4-6-8-13/h4-8,14-15,19H,9-12H2,1-3H3/t14-,15+/m1/s1. The summed E-state index contributed by atoms with van der Waals surface area (Å²) in [5.74, 6) is 0. The molecule has 0 bridgehead atoms. The number of benzene rings is 1. The van der Waals surface area contributed by atoms with Crippen molar-refractivity contribution in [1.82, 2.24) is 10.2 Å². The molecule has 2 rings (SSSR count). The van der Waals surface area contributed by atoms with E-state index in [1.165, 1.54) is 4.90 Å². The summed E-state index contributed by atoms with van der Waals surface area (Å²) in [6, 6.07) is 9.69. The molecular weight excluding hydrogens is 283 g/mol. The summed E-state index contributed by atoms with van der Waals surface area (Å²) in [4.78, 5) is 13.4. The van der Waals surface area contributed by atoms with Crippen LogP contribution >= 0.6 is 0 Å². The summed E-state index contributed by atoms with van der Waals surface area (Å²) in [5, 5.41) is 3.24. The van der Waals surface area contributed by atoms with Crippen molar-refractivity contribution in [2.24, 2.45) is 0 Å². The fourth-order valence-electron chi connectivity index (χ4n) is 2.47. The van der Waals surface area contributed by atoms with Crippen molar-refractivity contribution in [2.45, 2.75) is 51.6 Å². The van der Waals surface area contributed by atoms with Crippen LogP contribution in [0, 0.1) is 0 Å². The molecule has 2 atom stereocenters. The second-order valence-electron chi connectivity index (χ2n) is 6.70. The number of hydrogen-bond acceptors (Lipinski definition) is 3. The molecule has 1 amide bonds. The molecule has 1 aromatic carbocycles. The number of ether oxygens (including phenoxy) is 1. The summed E-state index contributed by atoms with van der Waals surface area (Å²) in [6.45, 7) is 6.67. The molecule has 1 aliphatic rings. The molecule has 0 aliphatic carbocycles. The predicted octanol–water partition coefficient (Wildman–Crippen LogP) is 3.12. The van der Waals surface area contributed by atoms with E-state index in [1.807, 2.05) is 51.1 Å². The molecule has 0 aromatic heterocycles. The lowest BCUT2D eigenvalue weighted by molar-refractivity contribution is 0.00934. The Morgan fingerprint density at radius 3 is 2.64 bits per heavy atom. The Morgan fingerprint density at radius 1 is 1.36 bits per heavy atom. The van der Waals surface area contributed by atoms with Crippen LogP contribution in [-0.4, -0.2) is 41.9 Å². The van der Waals surface area contributed by atoms with Gasteiger partial charge in [-0.05, 0) is 32.8 Å². The summed E-state index contributed by atoms with van der Waals surface area (Å²) in [6.07, 6.45) is -0.922. The molecule has 4 nitrogen and oxygen atoms in total. The quantitative estimate of drug-likeness (QED) is 0.933. The van der Waals surface area contributed by atoms with Gasteiger partial charge in [0.2, 0.25) is 0 Å². The van der Waals surface area contributed by atoms with Crippen LogP contribution < -0.4 is 5.32 Å². The number of carbonyl (C=O) groups excluding carboxylic acids is 1. The minimum absolute atomic E-state index is 0.0847. The van der Waals surface area contributed by atoms with Gasteiger partial charge in [0.1, 0.15) is 11.8 Å². The maximum absolute atomic E-state index is 14.3. The van der Waals surface area contributed by atoms with Crippen LogP contribution in [-0.2, 0) is 11.3 Å². The molecule has 0 radical (unpaired) electrons. The van der Waals surface area contributed by atoms with Gasteiger partial charge in [-0.25, -0.2) is 9.18 Å². The van der Waals surface area contributed by atoms with Crippen LogP contribution in [0.15, 0.2) is 30.3 Å². The van der Waals surface area contributed by atoms with Crippen molar-refractivity contribution in [3.63, 3.8) is 0 Å². The maximum Gasteiger partial charge on any atom is 0.410 e. The Labute approximate surface area is 131 Å². The molecule has 0 saturated carbocycles. The molecule has 1 saturated heterocycles. The number of hydrogen-bond donors (Lipinski definition) is 1. The zero-order valence-corrected chi connectivity index (χ0v) is 13.5. The lowest BCUT2D eigenvalue weighted by Crippen LogP contribution is -2.53. The minimum atomic E-state index is -1.08. The highest BCUT2D eigenvalue weighted by Gasteiger charge is 2.33. The van der Waals surface area contributed by atoms with E-state index in [0.717, 1.165) is 5.56 Å². The van der Waals surface area contributed by atoms with E-state index in [-0.39, 0.29) is 12.6 Å². The topological polar surface area (TPSA) is 41.6 Å². The number of amides is 1. The maximum atomic E-state index is 14.3. The molecule has 1 heterocycles. The SMILES string of the molecule is CC(C)(C)OC(=O)N1CC[C@H](NCc2ccccc2)[C@H](F)C1. The number of alkyl halides is 1. The van der Waals surface area contributed by atoms with Gasteiger partial charge in [-0.3, -0.25) is 0 Å². The number of nitrogens with one attached hydrogen (secondary N) is 1. The second-order valence-corrected chi connectivity index (χ2v) is 6.70. The average Bonchev–Trinajstić information content (AvgIpc) is 2.45. The third-order valence-electron chi connectivity index (χ3n) is 3.60. The lowest BCUT2D eigenvalue weighted by Gasteiger charge is -2.36. The normalized spacial score (nSPS) is 22.5. The Bertz CT molecular complexity index is 487. The van der Waals surface area contributed by atoms with Gasteiger partial charge in [0.15, 0.2) is 0 Å². The number of piperidine rings is 1. The first-order valence-corrected chi connectivity index (χ1v) is 7.74. The summed E-state index contributed by atoms with van der Waals surface area (Å²) >= 11 is 0. The van der Waals surface area contributed by atoms with E-state index in [1.54, 1.807) is 0 Å². The van der Waals surface area contributed by atoms with Crippen LogP contribution in [0.25, 0.3) is 0 Å². The van der Waals surface area contributed by atoms with Crippen LogP contribution in [0.4, 0.5) is 9.18 Å². The van der Waals surface area contributed by atoms with Crippen molar-refractivity contribution < 1.29 is 13.9 Å². The molecule has 22 heavy (non-hydrogen) atoms. The molecule has 5 heteroatoms. The van der Waals surface area contributed by atoms with E-state index < -0.39 is 17.9 Å². The van der Waals surface area contributed by atoms with Crippen molar-refractivity contribution >= 4 is 6.09 Å². The molecule has 1 fully saturated rings. The third kappa shape index (κ3) is 4.98. The van der Waals surface area contributed by atoms with Crippen LogP contribution in [0.5, 0.6) is 0 Å². The predicted molar refractivity (Wildman–Crippen MR) is 84.4 cm³/mol. The van der Waals surface area contributed by atoms with Gasteiger partial charge < -0.3 is 15.0 Å². The first-order valence-electron chi connectivity index (χ1n) is 7.74. The fraction of sp³-hybridized carbons (Fsp3) is 0.588. The Morgan fingerprint density at radius 2 is 2.05 bits per heavy atom. The molecule has 0 spiro atoms.